The number of benzene rings is 1. The van der Waals surface area contributed by atoms with E-state index in [-0.39, 0.29) is 17.8 Å². The smallest absolute Gasteiger partial charge is 0.224 e. The molecule has 0 aliphatic heterocycles. The molecule has 0 heterocycles. The fourth-order valence-corrected chi connectivity index (χ4v) is 1.97. The number of hydrogen-bond acceptors (Lipinski definition) is 3. The molecule has 5 heteroatoms. The Morgan fingerprint density at radius 3 is 2.65 bits per heavy atom. The molecule has 0 radical (unpaired) electrons. The van der Waals surface area contributed by atoms with Gasteiger partial charge in [0.05, 0.1) is 6.42 Å². The summed E-state index contributed by atoms with van der Waals surface area (Å²) in [5.41, 5.74) is 8.85. The summed E-state index contributed by atoms with van der Waals surface area (Å²) in [6.45, 7) is 6.03. The van der Waals surface area contributed by atoms with E-state index in [1.54, 1.807) is 0 Å². The molecule has 1 amide bonds. The van der Waals surface area contributed by atoms with Crippen molar-refractivity contribution in [2.75, 3.05) is 0 Å². The van der Waals surface area contributed by atoms with Crippen molar-refractivity contribution in [2.24, 2.45) is 10.9 Å². The number of oxime groups is 1. The van der Waals surface area contributed by atoms with Crippen LogP contribution in [0.15, 0.2) is 23.4 Å². The summed E-state index contributed by atoms with van der Waals surface area (Å²) in [5, 5.41) is 14.4. The van der Waals surface area contributed by atoms with Crippen molar-refractivity contribution in [1.29, 1.82) is 0 Å². The average molecular weight is 277 g/mol. The second-order valence-electron chi connectivity index (χ2n) is 5.06. The van der Waals surface area contributed by atoms with Crippen LogP contribution < -0.4 is 11.1 Å². The number of amidine groups is 1. The first kappa shape index (κ1) is 16.0. The minimum Gasteiger partial charge on any atom is -0.409 e. The van der Waals surface area contributed by atoms with Crippen molar-refractivity contribution in [3.63, 3.8) is 0 Å². The highest BCUT2D eigenvalue weighted by atomic mass is 16.4. The maximum atomic E-state index is 12.0. The van der Waals surface area contributed by atoms with E-state index in [0.717, 1.165) is 12.0 Å². The second-order valence-corrected chi connectivity index (χ2v) is 5.06. The van der Waals surface area contributed by atoms with E-state index in [2.05, 4.69) is 10.5 Å². The van der Waals surface area contributed by atoms with Gasteiger partial charge >= 0.3 is 0 Å². The molecule has 1 rings (SSSR count). The third kappa shape index (κ3) is 4.91. The summed E-state index contributed by atoms with van der Waals surface area (Å²) in [7, 11) is 0. The van der Waals surface area contributed by atoms with Crippen LogP contribution in [0.2, 0.25) is 0 Å². The average Bonchev–Trinajstić information content (AvgIpc) is 2.41. The van der Waals surface area contributed by atoms with Gasteiger partial charge < -0.3 is 16.3 Å². The van der Waals surface area contributed by atoms with Crippen LogP contribution in [0.25, 0.3) is 0 Å². The van der Waals surface area contributed by atoms with Crippen molar-refractivity contribution >= 4 is 11.7 Å². The Balaban J connectivity index is 2.59. The lowest BCUT2D eigenvalue weighted by molar-refractivity contribution is -0.121. The van der Waals surface area contributed by atoms with Gasteiger partial charge in [-0.3, -0.25) is 4.79 Å². The van der Waals surface area contributed by atoms with Crippen LogP contribution in [0, 0.1) is 13.8 Å². The minimum absolute atomic E-state index is 0.0501. The Morgan fingerprint density at radius 2 is 2.10 bits per heavy atom. The van der Waals surface area contributed by atoms with E-state index in [1.807, 2.05) is 39.0 Å². The van der Waals surface area contributed by atoms with E-state index in [4.69, 9.17) is 10.9 Å². The minimum atomic E-state index is -0.107. The van der Waals surface area contributed by atoms with Crippen molar-refractivity contribution < 1.29 is 10.0 Å². The van der Waals surface area contributed by atoms with Crippen LogP contribution in [0.4, 0.5) is 0 Å². The van der Waals surface area contributed by atoms with Crippen LogP contribution >= 0.6 is 0 Å². The molecule has 1 aromatic rings. The molecule has 0 aliphatic carbocycles. The number of nitrogens with zero attached hydrogens (tertiary/aromatic N) is 1. The van der Waals surface area contributed by atoms with Gasteiger partial charge in [0.1, 0.15) is 5.84 Å². The predicted octanol–water partition coefficient (Wildman–Crippen LogP) is 1.88. The summed E-state index contributed by atoms with van der Waals surface area (Å²) < 4.78 is 0. The molecule has 110 valence electrons. The SMILES string of the molecule is CCC(CC(N)=NO)NC(=O)Cc1ccc(C)c(C)c1. The largest absolute Gasteiger partial charge is 0.409 e. The Kier molecular flexibility index (Phi) is 6.03. The quantitative estimate of drug-likeness (QED) is 0.321. The molecule has 1 unspecified atom stereocenters. The maximum Gasteiger partial charge on any atom is 0.224 e. The van der Waals surface area contributed by atoms with Gasteiger partial charge in [0.2, 0.25) is 5.91 Å². The fourth-order valence-electron chi connectivity index (χ4n) is 1.97. The number of rotatable bonds is 6. The van der Waals surface area contributed by atoms with Crippen molar-refractivity contribution in [3.8, 4) is 0 Å². The van der Waals surface area contributed by atoms with Gasteiger partial charge in [0.15, 0.2) is 0 Å². The lowest BCUT2D eigenvalue weighted by Gasteiger charge is -2.16. The van der Waals surface area contributed by atoms with Crippen LogP contribution in [0.1, 0.15) is 36.5 Å². The molecule has 0 aliphatic rings. The van der Waals surface area contributed by atoms with Crippen molar-refractivity contribution in [2.45, 2.75) is 46.1 Å². The summed E-state index contributed by atoms with van der Waals surface area (Å²) in [6, 6.07) is 5.90. The molecule has 1 aromatic carbocycles. The van der Waals surface area contributed by atoms with Crippen molar-refractivity contribution in [3.05, 3.63) is 34.9 Å². The van der Waals surface area contributed by atoms with E-state index >= 15 is 0 Å². The monoisotopic (exact) mass is 277 g/mol. The molecule has 5 nitrogen and oxygen atoms in total. The molecule has 0 spiro atoms. The van der Waals surface area contributed by atoms with Gasteiger partial charge in [0, 0.05) is 12.5 Å². The topological polar surface area (TPSA) is 87.7 Å². The molecular formula is C15H23N3O2. The third-order valence-corrected chi connectivity index (χ3v) is 3.38. The molecule has 0 fully saturated rings. The first-order valence-corrected chi connectivity index (χ1v) is 6.78. The summed E-state index contributed by atoms with van der Waals surface area (Å²) >= 11 is 0. The lowest BCUT2D eigenvalue weighted by Crippen LogP contribution is -2.38. The number of carbonyl (C=O) groups excluding carboxylic acids is 1. The van der Waals surface area contributed by atoms with Gasteiger partial charge in [-0.15, -0.1) is 0 Å². The molecule has 20 heavy (non-hydrogen) atoms. The number of nitrogens with one attached hydrogen (secondary N) is 1. The lowest BCUT2D eigenvalue weighted by atomic mass is 10.0. The maximum absolute atomic E-state index is 12.0. The molecule has 0 bridgehead atoms. The number of aryl methyl sites for hydroxylation is 2. The summed E-state index contributed by atoms with van der Waals surface area (Å²) in [6.07, 6.45) is 1.42. The van der Waals surface area contributed by atoms with Crippen LogP contribution in [0.3, 0.4) is 0 Å². The standard InChI is InChI=1S/C15H23N3O2/c1-4-13(9-14(16)18-20)17-15(19)8-12-6-5-10(2)11(3)7-12/h5-7,13,20H,4,8-9H2,1-3H3,(H2,16,18)(H,17,19). The second kappa shape index (κ2) is 7.53. The highest BCUT2D eigenvalue weighted by Gasteiger charge is 2.13. The molecule has 0 saturated heterocycles. The van der Waals surface area contributed by atoms with E-state index in [1.165, 1.54) is 11.1 Å². The van der Waals surface area contributed by atoms with Gasteiger partial charge in [-0.1, -0.05) is 30.3 Å². The number of carbonyl (C=O) groups is 1. The zero-order valence-electron chi connectivity index (χ0n) is 12.3. The summed E-state index contributed by atoms with van der Waals surface area (Å²) in [4.78, 5) is 12.0. The molecule has 0 aromatic heterocycles. The molecular weight excluding hydrogens is 254 g/mol. The Morgan fingerprint density at radius 1 is 1.40 bits per heavy atom. The van der Waals surface area contributed by atoms with Gasteiger partial charge in [-0.25, -0.2) is 0 Å². The first-order chi connectivity index (χ1) is 9.46. The highest BCUT2D eigenvalue weighted by molar-refractivity contribution is 5.82. The van der Waals surface area contributed by atoms with Crippen molar-refractivity contribution in [1.82, 2.24) is 5.32 Å². The third-order valence-electron chi connectivity index (χ3n) is 3.38. The summed E-state index contributed by atoms with van der Waals surface area (Å²) in [5.74, 6) is 0.0779. The van der Waals surface area contributed by atoms with Gasteiger partial charge in [-0.05, 0) is 37.0 Å². The van der Waals surface area contributed by atoms with E-state index in [0.29, 0.717) is 12.8 Å². The number of amides is 1. The number of hydrogen-bond donors (Lipinski definition) is 3. The van der Waals surface area contributed by atoms with Crippen LogP contribution in [-0.4, -0.2) is 23.0 Å². The molecule has 0 saturated carbocycles. The van der Waals surface area contributed by atoms with Gasteiger partial charge in [0.25, 0.3) is 0 Å². The normalized spacial score (nSPS) is 13.1. The zero-order valence-corrected chi connectivity index (χ0v) is 12.3. The highest BCUT2D eigenvalue weighted by Crippen LogP contribution is 2.10. The first-order valence-electron chi connectivity index (χ1n) is 6.78. The number of nitrogens with two attached hydrogens (primary N) is 1. The molecule has 1 atom stereocenters. The van der Waals surface area contributed by atoms with Crippen LogP contribution in [0.5, 0.6) is 0 Å². The Bertz CT molecular complexity index is 498. The van der Waals surface area contributed by atoms with Crippen LogP contribution in [-0.2, 0) is 11.2 Å². The Hall–Kier alpha value is -2.04. The zero-order chi connectivity index (χ0) is 15.1. The molecule has 4 N–H and O–H groups in total. The Labute approximate surface area is 119 Å². The van der Waals surface area contributed by atoms with E-state index < -0.39 is 0 Å². The fraction of sp³-hybridized carbons (Fsp3) is 0.467. The predicted molar refractivity (Wildman–Crippen MR) is 79.9 cm³/mol. The van der Waals surface area contributed by atoms with Gasteiger partial charge in [-0.2, -0.15) is 0 Å². The van der Waals surface area contributed by atoms with E-state index in [9.17, 15) is 4.79 Å².